The molecular formula is C33H22FN2O6S-. The SMILES string of the molecule is CCOC(=O)C1=C(c2ccccc2)N=c2s/c(=C\c3ccc(-c4ccccc4C(=O)[O-])o3)c(=O)n2[C@H]1c1ccc(F)cc1. The molecule has 0 bridgehead atoms. The Labute approximate surface area is 248 Å². The molecule has 0 fully saturated rings. The molecule has 0 amide bonds. The first kappa shape index (κ1) is 27.8. The summed E-state index contributed by atoms with van der Waals surface area (Å²) in [7, 11) is 0. The summed E-state index contributed by atoms with van der Waals surface area (Å²) in [6.45, 7) is 1.79. The number of benzene rings is 3. The third kappa shape index (κ3) is 5.24. The summed E-state index contributed by atoms with van der Waals surface area (Å²) in [5.41, 5.74) is 1.52. The second-order valence-corrected chi connectivity index (χ2v) is 10.5. The van der Waals surface area contributed by atoms with Crippen LogP contribution < -0.4 is 20.0 Å². The average Bonchev–Trinajstić information content (AvgIpc) is 3.61. The lowest BCUT2D eigenvalue weighted by Gasteiger charge is -2.25. The molecule has 2 aromatic heterocycles. The lowest BCUT2D eigenvalue weighted by Crippen LogP contribution is -2.40. The topological polar surface area (TPSA) is 114 Å². The van der Waals surface area contributed by atoms with Crippen LogP contribution in [-0.4, -0.2) is 23.1 Å². The van der Waals surface area contributed by atoms with E-state index in [1.165, 1.54) is 41.0 Å². The number of hydrogen-bond acceptors (Lipinski definition) is 8. The molecule has 3 heterocycles. The molecule has 43 heavy (non-hydrogen) atoms. The second-order valence-electron chi connectivity index (χ2n) is 9.52. The number of aromatic carboxylic acids is 1. The van der Waals surface area contributed by atoms with Crippen molar-refractivity contribution in [2.75, 3.05) is 6.61 Å². The van der Waals surface area contributed by atoms with Crippen LogP contribution >= 0.6 is 11.3 Å². The Balaban J connectivity index is 1.55. The van der Waals surface area contributed by atoms with Gasteiger partial charge in [0.2, 0.25) is 0 Å². The number of thiazole rings is 1. The van der Waals surface area contributed by atoms with Gasteiger partial charge in [0.1, 0.15) is 17.3 Å². The number of carbonyl (C=O) groups excluding carboxylic acids is 2. The van der Waals surface area contributed by atoms with Crippen LogP contribution in [0.1, 0.15) is 40.2 Å². The Hall–Kier alpha value is -5.35. The third-order valence-electron chi connectivity index (χ3n) is 6.87. The number of carboxylic acid groups (broad SMARTS) is 1. The van der Waals surface area contributed by atoms with Gasteiger partial charge in [-0.15, -0.1) is 0 Å². The molecule has 1 aliphatic rings. The predicted octanol–water partition coefficient (Wildman–Crippen LogP) is 3.70. The van der Waals surface area contributed by atoms with E-state index in [-0.39, 0.29) is 22.3 Å². The van der Waals surface area contributed by atoms with Crippen LogP contribution in [0.2, 0.25) is 0 Å². The molecule has 0 saturated heterocycles. The summed E-state index contributed by atoms with van der Waals surface area (Å²) in [5, 5.41) is 11.6. The number of ether oxygens (including phenoxy) is 1. The lowest BCUT2D eigenvalue weighted by molar-refractivity contribution is -0.255. The minimum absolute atomic E-state index is 0.0259. The molecular weight excluding hydrogens is 571 g/mol. The number of fused-ring (bicyclic) bond motifs is 1. The summed E-state index contributed by atoms with van der Waals surface area (Å²) in [4.78, 5) is 44.1. The summed E-state index contributed by atoms with van der Waals surface area (Å²) in [6, 6.07) is 23.3. The monoisotopic (exact) mass is 593 g/mol. The van der Waals surface area contributed by atoms with Gasteiger partial charge in [0, 0.05) is 22.8 Å². The molecule has 6 rings (SSSR count). The normalized spacial score (nSPS) is 14.7. The molecule has 5 aromatic rings. The highest BCUT2D eigenvalue weighted by Gasteiger charge is 2.35. The van der Waals surface area contributed by atoms with Gasteiger partial charge >= 0.3 is 5.97 Å². The van der Waals surface area contributed by atoms with Crippen LogP contribution in [-0.2, 0) is 9.53 Å². The molecule has 3 aromatic carbocycles. The van der Waals surface area contributed by atoms with Crippen molar-refractivity contribution in [2.24, 2.45) is 4.99 Å². The number of halogens is 1. The van der Waals surface area contributed by atoms with Crippen molar-refractivity contribution in [2.45, 2.75) is 13.0 Å². The Morgan fingerprint density at radius 2 is 1.74 bits per heavy atom. The molecule has 1 aliphatic heterocycles. The maximum atomic E-state index is 14.0. The number of esters is 1. The zero-order valence-electron chi connectivity index (χ0n) is 22.7. The van der Waals surface area contributed by atoms with E-state index < -0.39 is 29.4 Å². The number of furan rings is 1. The molecule has 0 saturated carbocycles. The molecule has 8 nitrogen and oxygen atoms in total. The fourth-order valence-electron chi connectivity index (χ4n) is 4.98. The molecule has 0 radical (unpaired) electrons. The van der Waals surface area contributed by atoms with Gasteiger partial charge in [0.25, 0.3) is 5.56 Å². The second kappa shape index (κ2) is 11.5. The molecule has 0 spiro atoms. The standard InChI is InChI=1S/C33H23FN2O6S/c1-2-41-32(40)27-28(19-8-4-3-5-9-19)35-33-36(29(27)20-12-14-21(34)15-13-20)30(37)26(43-33)18-22-16-17-25(42-22)23-10-6-7-11-24(23)31(38)39/h3-18,29H,2H2,1H3,(H,38,39)/p-1/b26-18-/t29-/m0/s1. The smallest absolute Gasteiger partial charge is 0.338 e. The van der Waals surface area contributed by atoms with Crippen molar-refractivity contribution >= 4 is 35.0 Å². The van der Waals surface area contributed by atoms with Gasteiger partial charge in [-0.25, -0.2) is 14.2 Å². The van der Waals surface area contributed by atoms with Crippen molar-refractivity contribution in [1.29, 1.82) is 0 Å². The first-order valence-electron chi connectivity index (χ1n) is 13.3. The number of hydrogen-bond donors (Lipinski definition) is 0. The van der Waals surface area contributed by atoms with Crippen LogP contribution in [0.25, 0.3) is 23.1 Å². The number of carbonyl (C=O) groups is 2. The predicted molar refractivity (Wildman–Crippen MR) is 156 cm³/mol. The van der Waals surface area contributed by atoms with Gasteiger partial charge in [-0.2, -0.15) is 0 Å². The van der Waals surface area contributed by atoms with Crippen LogP contribution in [0.4, 0.5) is 4.39 Å². The maximum Gasteiger partial charge on any atom is 0.338 e. The van der Waals surface area contributed by atoms with E-state index in [1.54, 1.807) is 37.3 Å². The Morgan fingerprint density at radius 1 is 1.02 bits per heavy atom. The van der Waals surface area contributed by atoms with E-state index in [1.807, 2.05) is 30.3 Å². The fraction of sp³-hybridized carbons (Fsp3) is 0.0909. The van der Waals surface area contributed by atoms with Gasteiger partial charge < -0.3 is 19.1 Å². The van der Waals surface area contributed by atoms with Gasteiger partial charge in [-0.05, 0) is 36.8 Å². The van der Waals surface area contributed by atoms with Crippen LogP contribution in [0.3, 0.4) is 0 Å². The third-order valence-corrected chi connectivity index (χ3v) is 7.85. The van der Waals surface area contributed by atoms with E-state index in [0.717, 1.165) is 11.3 Å². The number of nitrogens with zero attached hydrogens (tertiary/aromatic N) is 2. The molecule has 0 aliphatic carbocycles. The van der Waals surface area contributed by atoms with Crippen molar-refractivity contribution in [3.63, 3.8) is 0 Å². The van der Waals surface area contributed by atoms with Crippen LogP contribution in [0.15, 0.2) is 111 Å². The van der Waals surface area contributed by atoms with Crippen LogP contribution in [0, 0.1) is 5.82 Å². The summed E-state index contributed by atoms with van der Waals surface area (Å²) in [6.07, 6.45) is 1.53. The lowest BCUT2D eigenvalue weighted by atomic mass is 9.93. The molecule has 1 atom stereocenters. The summed E-state index contributed by atoms with van der Waals surface area (Å²) in [5.74, 6) is -1.85. The fourth-order valence-corrected chi connectivity index (χ4v) is 5.96. The maximum absolute atomic E-state index is 14.0. The summed E-state index contributed by atoms with van der Waals surface area (Å²) < 4.78 is 26.9. The molecule has 214 valence electrons. The zero-order chi connectivity index (χ0) is 30.1. The van der Waals surface area contributed by atoms with E-state index in [2.05, 4.69) is 0 Å². The first-order chi connectivity index (χ1) is 20.9. The minimum Gasteiger partial charge on any atom is -0.545 e. The van der Waals surface area contributed by atoms with Crippen molar-refractivity contribution in [3.8, 4) is 11.3 Å². The Bertz CT molecular complexity index is 2070. The van der Waals surface area contributed by atoms with E-state index >= 15 is 0 Å². The quantitative estimate of drug-likeness (QED) is 0.266. The minimum atomic E-state index is -1.34. The molecule has 0 N–H and O–H groups in total. The van der Waals surface area contributed by atoms with Gasteiger partial charge in [0.15, 0.2) is 4.80 Å². The van der Waals surface area contributed by atoms with Crippen molar-refractivity contribution in [1.82, 2.24) is 4.57 Å². The molecule has 0 unspecified atom stereocenters. The highest BCUT2D eigenvalue weighted by molar-refractivity contribution is 7.07. The highest BCUT2D eigenvalue weighted by Crippen LogP contribution is 2.35. The molecule has 10 heteroatoms. The van der Waals surface area contributed by atoms with Gasteiger partial charge in [-0.1, -0.05) is 78.1 Å². The van der Waals surface area contributed by atoms with Gasteiger partial charge in [0.05, 0.1) is 34.4 Å². The van der Waals surface area contributed by atoms with Crippen molar-refractivity contribution < 1.29 is 28.2 Å². The number of rotatable bonds is 7. The van der Waals surface area contributed by atoms with E-state index in [4.69, 9.17) is 14.1 Å². The van der Waals surface area contributed by atoms with Crippen molar-refractivity contribution in [3.05, 3.63) is 145 Å². The van der Waals surface area contributed by atoms with E-state index in [0.29, 0.717) is 38.7 Å². The Kier molecular flexibility index (Phi) is 7.43. The summed E-state index contributed by atoms with van der Waals surface area (Å²) >= 11 is 1.10. The zero-order valence-corrected chi connectivity index (χ0v) is 23.5. The van der Waals surface area contributed by atoms with E-state index in [9.17, 15) is 23.9 Å². The Morgan fingerprint density at radius 3 is 2.47 bits per heavy atom. The van der Waals surface area contributed by atoms with Gasteiger partial charge in [-0.3, -0.25) is 9.36 Å². The number of aromatic nitrogens is 1. The largest absolute Gasteiger partial charge is 0.545 e. The van der Waals surface area contributed by atoms with Crippen LogP contribution in [0.5, 0.6) is 0 Å². The number of carboxylic acids is 1. The average molecular weight is 594 g/mol. The highest BCUT2D eigenvalue weighted by atomic mass is 32.1. The first-order valence-corrected chi connectivity index (χ1v) is 14.1.